The molecular formula is C21H18N2. The summed E-state index contributed by atoms with van der Waals surface area (Å²) in [5.41, 5.74) is 5.95. The third-order valence-electron chi connectivity index (χ3n) is 4.27. The molecule has 0 amide bonds. The third-order valence-corrected chi connectivity index (χ3v) is 4.27. The van der Waals surface area contributed by atoms with Crippen LogP contribution >= 0.6 is 0 Å². The summed E-state index contributed by atoms with van der Waals surface area (Å²) in [4.78, 5) is 0. The van der Waals surface area contributed by atoms with Crippen LogP contribution in [0.25, 0.3) is 28.2 Å². The summed E-state index contributed by atoms with van der Waals surface area (Å²) in [6.07, 6.45) is 5.68. The fraction of sp³-hybridized carbons (Fsp3) is 0.0952. The molecule has 0 fully saturated rings. The number of para-hydroxylation sites is 1. The molecule has 0 atom stereocenters. The summed E-state index contributed by atoms with van der Waals surface area (Å²) in [5.74, 6) is 1.15. The number of aryl methyl sites for hydroxylation is 2. The SMILES string of the molecule is Cc1ccccc1-[n+]1[c-]c(-c2ccccc2)c2cccn(C)c1-2. The summed E-state index contributed by atoms with van der Waals surface area (Å²) in [6.45, 7) is 2.14. The number of pyridine rings is 1. The molecule has 4 rings (SSSR count). The summed E-state index contributed by atoms with van der Waals surface area (Å²) < 4.78 is 4.33. The van der Waals surface area contributed by atoms with E-state index in [4.69, 9.17) is 0 Å². The quantitative estimate of drug-likeness (QED) is 0.388. The molecule has 0 saturated carbocycles. The molecule has 2 aliphatic rings. The van der Waals surface area contributed by atoms with Crippen LogP contribution in [-0.4, -0.2) is 4.57 Å². The van der Waals surface area contributed by atoms with E-state index in [2.05, 4.69) is 96.2 Å². The van der Waals surface area contributed by atoms with Gasteiger partial charge in [-0.25, -0.2) is 0 Å². The van der Waals surface area contributed by atoms with Crippen molar-refractivity contribution in [1.29, 1.82) is 0 Å². The van der Waals surface area contributed by atoms with E-state index in [0.29, 0.717) is 0 Å². The number of benzene rings is 2. The minimum absolute atomic E-state index is 1.14. The standard InChI is InChI=1S/C21H18N2/c1-16-9-6-7-13-20(16)23-15-19(17-10-4-3-5-11-17)18-12-8-14-22(2)21(18)23/h3-14H,1-2H3. The second-order valence-corrected chi connectivity index (χ2v) is 5.83. The lowest BCUT2D eigenvalue weighted by atomic mass is 10.0. The van der Waals surface area contributed by atoms with Crippen LogP contribution in [0.2, 0.25) is 0 Å². The summed E-state index contributed by atoms with van der Waals surface area (Å²) in [6, 6.07) is 23.2. The van der Waals surface area contributed by atoms with Crippen molar-refractivity contribution in [2.24, 2.45) is 7.05 Å². The van der Waals surface area contributed by atoms with E-state index in [0.717, 1.165) is 11.4 Å². The molecule has 0 N–H and O–H groups in total. The van der Waals surface area contributed by atoms with Gasteiger partial charge >= 0.3 is 0 Å². The van der Waals surface area contributed by atoms with Gasteiger partial charge in [0.2, 0.25) is 0 Å². The van der Waals surface area contributed by atoms with Crippen LogP contribution < -0.4 is 4.57 Å². The highest BCUT2D eigenvalue weighted by Crippen LogP contribution is 2.32. The molecule has 0 aromatic heterocycles. The molecule has 23 heavy (non-hydrogen) atoms. The Morgan fingerprint density at radius 3 is 2.39 bits per heavy atom. The highest BCUT2D eigenvalue weighted by Gasteiger charge is 2.19. The number of hydrogen-bond acceptors (Lipinski definition) is 0. The average molecular weight is 298 g/mol. The molecule has 2 aromatic carbocycles. The molecule has 2 heteroatoms. The van der Waals surface area contributed by atoms with Gasteiger partial charge in [0.15, 0.2) is 5.82 Å². The third kappa shape index (κ3) is 2.23. The minimum Gasteiger partial charge on any atom is -0.298 e. The van der Waals surface area contributed by atoms with Crippen molar-refractivity contribution >= 4 is 0 Å². The van der Waals surface area contributed by atoms with E-state index in [1.54, 1.807) is 0 Å². The summed E-state index contributed by atoms with van der Waals surface area (Å²) in [7, 11) is 2.08. The summed E-state index contributed by atoms with van der Waals surface area (Å²) in [5, 5.41) is 0. The van der Waals surface area contributed by atoms with Gasteiger partial charge < -0.3 is 0 Å². The molecule has 2 heterocycles. The molecule has 0 saturated heterocycles. The van der Waals surface area contributed by atoms with Gasteiger partial charge in [-0.3, -0.25) is 9.13 Å². The monoisotopic (exact) mass is 298 g/mol. The zero-order valence-corrected chi connectivity index (χ0v) is 13.3. The average Bonchev–Trinajstić information content (AvgIpc) is 2.97. The van der Waals surface area contributed by atoms with Gasteiger partial charge in [0.05, 0.1) is 25.1 Å². The predicted octanol–water partition coefficient (Wildman–Crippen LogP) is 4.18. The van der Waals surface area contributed by atoms with Crippen LogP contribution in [0.5, 0.6) is 0 Å². The Bertz CT molecular complexity index is 935. The zero-order chi connectivity index (χ0) is 15.8. The van der Waals surface area contributed by atoms with E-state index in [1.165, 1.54) is 22.4 Å². The first-order valence-corrected chi connectivity index (χ1v) is 7.79. The van der Waals surface area contributed by atoms with Crippen molar-refractivity contribution in [2.75, 3.05) is 0 Å². The normalized spacial score (nSPS) is 11.0. The van der Waals surface area contributed by atoms with E-state index in [1.807, 2.05) is 6.07 Å². The highest BCUT2D eigenvalue weighted by molar-refractivity contribution is 5.79. The van der Waals surface area contributed by atoms with Gasteiger partial charge in [0.1, 0.15) is 0 Å². The molecule has 0 aliphatic carbocycles. The second-order valence-electron chi connectivity index (χ2n) is 5.83. The number of aromatic nitrogens is 2. The predicted molar refractivity (Wildman–Crippen MR) is 92.6 cm³/mol. The van der Waals surface area contributed by atoms with E-state index in [9.17, 15) is 0 Å². The number of rotatable bonds is 2. The fourth-order valence-electron chi connectivity index (χ4n) is 3.12. The molecule has 2 aliphatic heterocycles. The maximum Gasteiger partial charge on any atom is 0.196 e. The topological polar surface area (TPSA) is 8.81 Å². The number of hydrogen-bond donors (Lipinski definition) is 0. The molecule has 2 nitrogen and oxygen atoms in total. The first kappa shape index (κ1) is 13.8. The van der Waals surface area contributed by atoms with Gasteiger partial charge in [-0.15, -0.1) is 0 Å². The van der Waals surface area contributed by atoms with E-state index in [-0.39, 0.29) is 0 Å². The molecule has 2 aromatic rings. The molecular weight excluding hydrogens is 280 g/mol. The van der Waals surface area contributed by atoms with Gasteiger partial charge in [-0.05, 0) is 30.2 Å². The van der Waals surface area contributed by atoms with E-state index >= 15 is 0 Å². The Balaban J connectivity index is 2.04. The van der Waals surface area contributed by atoms with Crippen LogP contribution in [0, 0.1) is 13.1 Å². The second kappa shape index (κ2) is 5.40. The van der Waals surface area contributed by atoms with Gasteiger partial charge in [-0.2, -0.15) is 0 Å². The number of fused-ring (bicyclic) bond motifs is 1. The lowest BCUT2D eigenvalue weighted by Crippen LogP contribution is -2.33. The van der Waals surface area contributed by atoms with Crippen molar-refractivity contribution in [3.8, 4) is 28.2 Å². The largest absolute Gasteiger partial charge is 0.298 e. The Labute approximate surface area is 136 Å². The van der Waals surface area contributed by atoms with Crippen molar-refractivity contribution in [3.05, 3.63) is 84.7 Å². The molecule has 0 spiro atoms. The molecule has 0 radical (unpaired) electrons. The van der Waals surface area contributed by atoms with Crippen molar-refractivity contribution in [1.82, 2.24) is 4.57 Å². The highest BCUT2D eigenvalue weighted by atomic mass is 15.1. The fourth-order valence-corrected chi connectivity index (χ4v) is 3.12. The van der Waals surface area contributed by atoms with Crippen LogP contribution in [0.3, 0.4) is 0 Å². The van der Waals surface area contributed by atoms with Crippen molar-refractivity contribution < 1.29 is 4.57 Å². The van der Waals surface area contributed by atoms with Gasteiger partial charge in [-0.1, -0.05) is 65.7 Å². The van der Waals surface area contributed by atoms with Gasteiger partial charge in [0.25, 0.3) is 0 Å². The molecule has 0 bridgehead atoms. The maximum atomic E-state index is 3.60. The van der Waals surface area contributed by atoms with Crippen LogP contribution in [0.1, 0.15) is 5.56 Å². The zero-order valence-electron chi connectivity index (χ0n) is 13.3. The Morgan fingerprint density at radius 1 is 0.870 bits per heavy atom. The van der Waals surface area contributed by atoms with Crippen molar-refractivity contribution in [3.63, 3.8) is 0 Å². The first-order valence-electron chi connectivity index (χ1n) is 7.79. The Morgan fingerprint density at radius 2 is 1.61 bits per heavy atom. The molecule has 112 valence electrons. The van der Waals surface area contributed by atoms with Crippen molar-refractivity contribution in [2.45, 2.75) is 6.92 Å². The van der Waals surface area contributed by atoms with Crippen LogP contribution in [0.15, 0.2) is 72.9 Å². The summed E-state index contributed by atoms with van der Waals surface area (Å²) >= 11 is 0. The van der Waals surface area contributed by atoms with Crippen LogP contribution in [-0.2, 0) is 7.05 Å². The lowest BCUT2D eigenvalue weighted by molar-refractivity contribution is -0.588. The van der Waals surface area contributed by atoms with E-state index < -0.39 is 0 Å². The smallest absolute Gasteiger partial charge is 0.196 e. The lowest BCUT2D eigenvalue weighted by Gasteiger charge is -2.12. The minimum atomic E-state index is 1.14. The number of nitrogens with zero attached hydrogens (tertiary/aromatic N) is 2. The molecule has 0 unspecified atom stereocenters. The maximum absolute atomic E-state index is 3.60. The Kier molecular flexibility index (Phi) is 3.23. The Hall–Kier alpha value is -2.87. The van der Waals surface area contributed by atoms with Gasteiger partial charge in [0, 0.05) is 0 Å². The first-order chi connectivity index (χ1) is 11.3. The van der Waals surface area contributed by atoms with Crippen LogP contribution in [0.4, 0.5) is 0 Å².